The summed E-state index contributed by atoms with van der Waals surface area (Å²) in [6.45, 7) is 10.6. The highest BCUT2D eigenvalue weighted by atomic mass is 16.1. The van der Waals surface area contributed by atoms with Crippen LogP contribution in [0.2, 0.25) is 0 Å². The van der Waals surface area contributed by atoms with Crippen LogP contribution in [0, 0.1) is 17.3 Å². The van der Waals surface area contributed by atoms with Gasteiger partial charge in [0, 0.05) is 6.42 Å². The second-order valence-electron chi connectivity index (χ2n) is 5.84. The van der Waals surface area contributed by atoms with E-state index in [4.69, 9.17) is 0 Å². The number of hydrogen-bond donors (Lipinski definition) is 0. The summed E-state index contributed by atoms with van der Waals surface area (Å²) in [4.78, 5) is 11.5. The van der Waals surface area contributed by atoms with Crippen molar-refractivity contribution in [1.82, 2.24) is 0 Å². The van der Waals surface area contributed by atoms with Gasteiger partial charge in [0.05, 0.1) is 0 Å². The van der Waals surface area contributed by atoms with E-state index in [-0.39, 0.29) is 0 Å². The van der Waals surface area contributed by atoms with E-state index in [1.54, 1.807) is 0 Å². The average Bonchev–Trinajstić information content (AvgIpc) is 2.60. The number of carbonyl (C=O) groups is 1. The minimum Gasteiger partial charge on any atom is -0.295 e. The molecular weight excluding hydrogens is 196 g/mol. The Bertz CT molecular complexity index is 364. The maximum absolute atomic E-state index is 11.5. The fourth-order valence-corrected chi connectivity index (χ4v) is 3.63. The first-order valence-corrected chi connectivity index (χ1v) is 6.33. The zero-order chi connectivity index (χ0) is 11.9. The Hall–Kier alpha value is -0.850. The first kappa shape index (κ1) is 11.6. The summed E-state index contributed by atoms with van der Waals surface area (Å²) in [5, 5.41) is 0. The van der Waals surface area contributed by atoms with Gasteiger partial charge in [-0.2, -0.15) is 0 Å². The predicted octanol–water partition coefficient (Wildman–Crippen LogP) is 3.90. The van der Waals surface area contributed by atoms with Gasteiger partial charge in [-0.1, -0.05) is 24.6 Å². The standard InChI is InChI=1S/C15H22O/c1-10(2)13-5-6-15(9-13)11(3)7-14(16)8-12(15)4/h7,12-13H,1,5-6,8-9H2,2-4H3/t12-,13+,15-/m1/s1. The molecule has 1 spiro atoms. The molecule has 2 aliphatic carbocycles. The second kappa shape index (κ2) is 3.87. The van der Waals surface area contributed by atoms with Gasteiger partial charge in [0.25, 0.3) is 0 Å². The van der Waals surface area contributed by atoms with Gasteiger partial charge in [0.15, 0.2) is 5.78 Å². The molecule has 0 heterocycles. The van der Waals surface area contributed by atoms with Crippen LogP contribution in [0.25, 0.3) is 0 Å². The molecule has 0 amide bonds. The Labute approximate surface area is 98.6 Å². The largest absolute Gasteiger partial charge is 0.295 e. The lowest BCUT2D eigenvalue weighted by atomic mass is 9.64. The number of ketones is 1. The maximum atomic E-state index is 11.5. The van der Waals surface area contributed by atoms with E-state index in [1.165, 1.54) is 30.4 Å². The first-order valence-electron chi connectivity index (χ1n) is 6.33. The SMILES string of the molecule is C=C(C)[C@H]1CC[C@@]2(C1)C(C)=CC(=O)C[C@H]2C. The fraction of sp³-hybridized carbons (Fsp3) is 0.667. The summed E-state index contributed by atoms with van der Waals surface area (Å²) in [7, 11) is 0. The number of allylic oxidation sites excluding steroid dienone is 3. The fourth-order valence-electron chi connectivity index (χ4n) is 3.63. The molecule has 0 aromatic carbocycles. The minimum absolute atomic E-state index is 0.303. The van der Waals surface area contributed by atoms with Gasteiger partial charge in [-0.3, -0.25) is 4.79 Å². The van der Waals surface area contributed by atoms with Crippen molar-refractivity contribution in [2.45, 2.75) is 46.5 Å². The third kappa shape index (κ3) is 1.66. The normalized spacial score (nSPS) is 38.9. The summed E-state index contributed by atoms with van der Waals surface area (Å²) in [6.07, 6.45) is 6.32. The molecule has 1 fully saturated rings. The third-order valence-electron chi connectivity index (χ3n) is 4.86. The van der Waals surface area contributed by atoms with E-state index >= 15 is 0 Å². The highest BCUT2D eigenvalue weighted by Gasteiger charge is 2.46. The van der Waals surface area contributed by atoms with Crippen LogP contribution < -0.4 is 0 Å². The molecule has 2 aliphatic rings. The zero-order valence-electron chi connectivity index (χ0n) is 10.7. The molecule has 0 aromatic heterocycles. The van der Waals surface area contributed by atoms with E-state index in [0.29, 0.717) is 23.0 Å². The summed E-state index contributed by atoms with van der Waals surface area (Å²) < 4.78 is 0. The van der Waals surface area contributed by atoms with Gasteiger partial charge in [0.1, 0.15) is 0 Å². The van der Waals surface area contributed by atoms with Gasteiger partial charge in [-0.15, -0.1) is 0 Å². The van der Waals surface area contributed by atoms with Crippen LogP contribution in [0.4, 0.5) is 0 Å². The van der Waals surface area contributed by atoms with E-state index in [2.05, 4.69) is 27.4 Å². The van der Waals surface area contributed by atoms with Crippen molar-refractivity contribution in [3.63, 3.8) is 0 Å². The molecule has 0 saturated heterocycles. The molecule has 0 radical (unpaired) electrons. The average molecular weight is 218 g/mol. The van der Waals surface area contributed by atoms with Crippen molar-refractivity contribution in [2.24, 2.45) is 17.3 Å². The molecule has 0 aromatic rings. The monoisotopic (exact) mass is 218 g/mol. The number of rotatable bonds is 1. The summed E-state index contributed by atoms with van der Waals surface area (Å²) in [6, 6.07) is 0. The van der Waals surface area contributed by atoms with Gasteiger partial charge in [-0.05, 0) is 56.4 Å². The van der Waals surface area contributed by atoms with Crippen molar-refractivity contribution in [3.8, 4) is 0 Å². The Kier molecular flexibility index (Phi) is 2.81. The predicted molar refractivity (Wildman–Crippen MR) is 67.1 cm³/mol. The highest BCUT2D eigenvalue weighted by Crippen LogP contribution is 2.55. The lowest BCUT2D eigenvalue weighted by Crippen LogP contribution is -2.33. The molecule has 1 nitrogen and oxygen atoms in total. The van der Waals surface area contributed by atoms with E-state index in [1.807, 2.05) is 6.08 Å². The third-order valence-corrected chi connectivity index (χ3v) is 4.86. The van der Waals surface area contributed by atoms with Crippen LogP contribution in [0.5, 0.6) is 0 Å². The molecule has 16 heavy (non-hydrogen) atoms. The zero-order valence-corrected chi connectivity index (χ0v) is 10.7. The van der Waals surface area contributed by atoms with Crippen molar-refractivity contribution in [3.05, 3.63) is 23.8 Å². The van der Waals surface area contributed by atoms with Crippen LogP contribution in [0.3, 0.4) is 0 Å². The molecule has 1 heteroatoms. The molecular formula is C15H22O. The number of carbonyl (C=O) groups excluding carboxylic acids is 1. The number of hydrogen-bond acceptors (Lipinski definition) is 1. The Morgan fingerprint density at radius 3 is 2.75 bits per heavy atom. The molecule has 0 unspecified atom stereocenters. The Morgan fingerprint density at radius 1 is 1.56 bits per heavy atom. The second-order valence-corrected chi connectivity index (χ2v) is 5.84. The summed E-state index contributed by atoms with van der Waals surface area (Å²) in [5.74, 6) is 1.49. The van der Waals surface area contributed by atoms with E-state index < -0.39 is 0 Å². The molecule has 0 bridgehead atoms. The van der Waals surface area contributed by atoms with E-state index in [0.717, 1.165) is 6.42 Å². The van der Waals surface area contributed by atoms with Crippen LogP contribution >= 0.6 is 0 Å². The van der Waals surface area contributed by atoms with Crippen LogP contribution in [0.15, 0.2) is 23.8 Å². The van der Waals surface area contributed by atoms with Gasteiger partial charge in [0.2, 0.25) is 0 Å². The van der Waals surface area contributed by atoms with Crippen molar-refractivity contribution in [1.29, 1.82) is 0 Å². The molecule has 1 saturated carbocycles. The lowest BCUT2D eigenvalue weighted by Gasteiger charge is -2.39. The molecule has 88 valence electrons. The lowest BCUT2D eigenvalue weighted by molar-refractivity contribution is -0.117. The van der Waals surface area contributed by atoms with E-state index in [9.17, 15) is 4.79 Å². The maximum Gasteiger partial charge on any atom is 0.155 e. The topological polar surface area (TPSA) is 17.1 Å². The smallest absolute Gasteiger partial charge is 0.155 e. The van der Waals surface area contributed by atoms with Crippen LogP contribution in [0.1, 0.15) is 46.5 Å². The van der Waals surface area contributed by atoms with Crippen molar-refractivity contribution >= 4 is 5.78 Å². The summed E-state index contributed by atoms with van der Waals surface area (Å²) >= 11 is 0. The van der Waals surface area contributed by atoms with Gasteiger partial charge >= 0.3 is 0 Å². The van der Waals surface area contributed by atoms with Crippen LogP contribution in [-0.4, -0.2) is 5.78 Å². The molecule has 0 aliphatic heterocycles. The summed E-state index contributed by atoms with van der Waals surface area (Å²) in [5.41, 5.74) is 2.94. The van der Waals surface area contributed by atoms with Crippen molar-refractivity contribution < 1.29 is 4.79 Å². The minimum atomic E-state index is 0.303. The highest BCUT2D eigenvalue weighted by molar-refractivity contribution is 5.91. The van der Waals surface area contributed by atoms with Gasteiger partial charge in [-0.25, -0.2) is 0 Å². The molecule has 3 atom stereocenters. The first-order chi connectivity index (χ1) is 7.45. The van der Waals surface area contributed by atoms with Crippen LogP contribution in [-0.2, 0) is 4.79 Å². The van der Waals surface area contributed by atoms with Crippen molar-refractivity contribution in [2.75, 3.05) is 0 Å². The molecule has 2 rings (SSSR count). The Balaban J connectivity index is 2.29. The quantitative estimate of drug-likeness (QED) is 0.610. The Morgan fingerprint density at radius 2 is 2.25 bits per heavy atom. The van der Waals surface area contributed by atoms with Gasteiger partial charge < -0.3 is 0 Å². The molecule has 0 N–H and O–H groups in total.